The van der Waals surface area contributed by atoms with Crippen molar-refractivity contribution in [3.05, 3.63) is 24.5 Å². The zero-order chi connectivity index (χ0) is 22.5. The second-order valence-electron chi connectivity index (χ2n) is 8.59. The lowest BCUT2D eigenvalue weighted by Crippen LogP contribution is -2.60. The van der Waals surface area contributed by atoms with Crippen LogP contribution < -0.4 is 15.0 Å². The summed E-state index contributed by atoms with van der Waals surface area (Å²) in [5, 5.41) is 23.8. The van der Waals surface area contributed by atoms with Crippen LogP contribution in [0.2, 0.25) is 0 Å². The third kappa shape index (κ3) is 3.65. The molecule has 0 amide bonds. The van der Waals surface area contributed by atoms with Crippen LogP contribution in [0.3, 0.4) is 0 Å². The summed E-state index contributed by atoms with van der Waals surface area (Å²) < 4.78 is 20.1. The predicted octanol–water partition coefficient (Wildman–Crippen LogP) is 2.83. The number of hydrogen-bond acceptors (Lipinski definition) is 10. The number of aromatic hydroxyl groups is 1. The molecule has 2 aliphatic rings. The summed E-state index contributed by atoms with van der Waals surface area (Å²) in [7, 11) is 3.34. The van der Waals surface area contributed by atoms with Gasteiger partial charge in [-0.2, -0.15) is 9.97 Å². The molecule has 2 N–H and O–H groups in total. The molecule has 9 nitrogen and oxygen atoms in total. The molecule has 2 saturated heterocycles. The lowest BCUT2D eigenvalue weighted by Gasteiger charge is -2.42. The number of benzene rings is 1. The van der Waals surface area contributed by atoms with Gasteiger partial charge in [0.2, 0.25) is 5.13 Å². The molecule has 11 heteroatoms. The maximum atomic E-state index is 15.1. The minimum Gasteiger partial charge on any atom is -0.507 e. The molecular formula is C21H24FN7O2S. The van der Waals surface area contributed by atoms with Gasteiger partial charge in [0.25, 0.3) is 0 Å². The second kappa shape index (κ2) is 7.89. The van der Waals surface area contributed by atoms with Crippen molar-refractivity contribution in [2.24, 2.45) is 0 Å². The molecule has 5 rings (SSSR count). The molecule has 4 heterocycles. The summed E-state index contributed by atoms with van der Waals surface area (Å²) in [4.78, 5) is 14.1. The van der Waals surface area contributed by atoms with Crippen LogP contribution in [0.1, 0.15) is 26.2 Å². The van der Waals surface area contributed by atoms with Gasteiger partial charge in [-0.15, -0.1) is 10.2 Å². The number of alkyl halides is 1. The number of phenolic OH excluding ortho intramolecular Hbond substituents is 1. The Morgan fingerprint density at radius 2 is 2.16 bits per heavy atom. The summed E-state index contributed by atoms with van der Waals surface area (Å²) in [6.45, 7) is 2.16. The molecule has 2 bridgehead atoms. The van der Waals surface area contributed by atoms with E-state index in [4.69, 9.17) is 4.74 Å². The average molecular weight is 458 g/mol. The van der Waals surface area contributed by atoms with Crippen LogP contribution >= 0.6 is 11.3 Å². The maximum absolute atomic E-state index is 15.1. The molecule has 0 aliphatic carbocycles. The van der Waals surface area contributed by atoms with Gasteiger partial charge in [0, 0.05) is 24.2 Å². The first kappa shape index (κ1) is 21.0. The Morgan fingerprint density at radius 3 is 2.94 bits per heavy atom. The quantitative estimate of drug-likeness (QED) is 0.598. The third-order valence-corrected chi connectivity index (χ3v) is 7.43. The smallest absolute Gasteiger partial charge is 0.319 e. The first-order valence-corrected chi connectivity index (χ1v) is 11.2. The van der Waals surface area contributed by atoms with Crippen LogP contribution in [0.4, 0.5) is 9.52 Å². The highest BCUT2D eigenvalue weighted by atomic mass is 32.1. The highest BCUT2D eigenvalue weighted by Crippen LogP contribution is 2.41. The van der Waals surface area contributed by atoms with Gasteiger partial charge in [-0.05, 0) is 38.3 Å². The van der Waals surface area contributed by atoms with Crippen molar-refractivity contribution in [3.8, 4) is 33.7 Å². The van der Waals surface area contributed by atoms with Crippen molar-refractivity contribution in [3.63, 3.8) is 0 Å². The number of fused-ring (bicyclic) bond motifs is 2. The molecule has 2 fully saturated rings. The van der Waals surface area contributed by atoms with Gasteiger partial charge in [0.15, 0.2) is 10.8 Å². The lowest BCUT2D eigenvalue weighted by molar-refractivity contribution is 0.144. The zero-order valence-corrected chi connectivity index (χ0v) is 18.8. The van der Waals surface area contributed by atoms with E-state index in [0.29, 0.717) is 33.5 Å². The number of nitrogens with zero attached hydrogens (tertiary/aromatic N) is 6. The summed E-state index contributed by atoms with van der Waals surface area (Å²) in [5.41, 5.74) is 1.12. The fourth-order valence-electron chi connectivity index (χ4n) is 4.64. The van der Waals surface area contributed by atoms with E-state index in [9.17, 15) is 5.11 Å². The number of piperidine rings is 1. The summed E-state index contributed by atoms with van der Waals surface area (Å²) in [6.07, 6.45) is 2.94. The number of hydrogen-bond donors (Lipinski definition) is 2. The van der Waals surface area contributed by atoms with E-state index in [1.54, 1.807) is 18.2 Å². The van der Waals surface area contributed by atoms with Crippen molar-refractivity contribution < 1.29 is 14.2 Å². The molecule has 0 unspecified atom stereocenters. The predicted molar refractivity (Wildman–Crippen MR) is 119 cm³/mol. The number of aromatic nitrogens is 5. The van der Waals surface area contributed by atoms with E-state index in [1.165, 1.54) is 24.8 Å². The SMILES string of the molecule is COc1ncnc(-c2ccc(-c3nnc(N(C)[C@H]4C[C@]5(C)CC[C@@H](N5)[C@H]4F)s3)c(O)c2)n1. The summed E-state index contributed by atoms with van der Waals surface area (Å²) >= 11 is 1.33. The number of halogens is 1. The average Bonchev–Trinajstić information content (AvgIpc) is 3.41. The maximum Gasteiger partial charge on any atom is 0.319 e. The van der Waals surface area contributed by atoms with Gasteiger partial charge in [-0.25, -0.2) is 9.37 Å². The molecule has 32 heavy (non-hydrogen) atoms. The van der Waals surface area contributed by atoms with E-state index < -0.39 is 6.17 Å². The number of phenols is 1. The van der Waals surface area contributed by atoms with Gasteiger partial charge < -0.3 is 20.1 Å². The lowest BCUT2D eigenvalue weighted by atomic mass is 9.88. The number of nitrogens with one attached hydrogen (secondary N) is 1. The molecule has 168 valence electrons. The van der Waals surface area contributed by atoms with Gasteiger partial charge >= 0.3 is 6.01 Å². The van der Waals surface area contributed by atoms with Crippen molar-refractivity contribution in [1.82, 2.24) is 30.5 Å². The monoisotopic (exact) mass is 457 g/mol. The Bertz CT molecular complexity index is 1140. The number of rotatable bonds is 5. The highest BCUT2D eigenvalue weighted by molar-refractivity contribution is 7.18. The first-order valence-electron chi connectivity index (χ1n) is 10.4. The molecule has 2 aliphatic heterocycles. The zero-order valence-electron chi connectivity index (χ0n) is 18.0. The van der Waals surface area contributed by atoms with Crippen molar-refractivity contribution in [1.29, 1.82) is 0 Å². The Balaban J connectivity index is 1.38. The highest BCUT2D eigenvalue weighted by Gasteiger charge is 2.49. The number of ether oxygens (including phenoxy) is 1. The van der Waals surface area contributed by atoms with E-state index >= 15 is 4.39 Å². The number of methoxy groups -OCH3 is 1. The van der Waals surface area contributed by atoms with E-state index in [0.717, 1.165) is 12.8 Å². The van der Waals surface area contributed by atoms with Gasteiger partial charge in [0.1, 0.15) is 18.2 Å². The molecule has 1 aromatic carbocycles. The van der Waals surface area contributed by atoms with Crippen molar-refractivity contribution in [2.45, 2.75) is 50.0 Å². The van der Waals surface area contributed by atoms with E-state index in [1.807, 2.05) is 11.9 Å². The minimum absolute atomic E-state index is 0.0306. The molecule has 0 spiro atoms. The Hall–Kier alpha value is -2.92. The van der Waals surface area contributed by atoms with Crippen LogP contribution in [0, 0.1) is 0 Å². The van der Waals surface area contributed by atoms with Crippen molar-refractivity contribution >= 4 is 16.5 Å². The normalized spacial score (nSPS) is 26.8. The largest absolute Gasteiger partial charge is 0.507 e. The summed E-state index contributed by atoms with van der Waals surface area (Å²) in [5.74, 6) is 0.419. The Kier molecular flexibility index (Phi) is 5.17. The Labute approximate surface area is 188 Å². The number of anilines is 1. The topological polar surface area (TPSA) is 109 Å². The van der Waals surface area contributed by atoms with Crippen LogP contribution in [-0.4, -0.2) is 68.2 Å². The standard InChI is InChI=1S/C21H24FN7O2S/c1-21-7-6-13(26-21)16(22)14(9-21)29(2)20-28-27-18(32-20)12-5-4-11(8-15(12)30)17-23-10-24-19(25-17)31-3/h4-5,8,10,13-14,16,26,30H,6-7,9H2,1-3H3/t13-,14+,16-,21+/m1/s1. The van der Waals surface area contributed by atoms with Crippen molar-refractivity contribution in [2.75, 3.05) is 19.1 Å². The second-order valence-corrected chi connectivity index (χ2v) is 9.55. The van der Waals surface area contributed by atoms with Crippen LogP contribution in [-0.2, 0) is 0 Å². The molecule has 2 aromatic heterocycles. The minimum atomic E-state index is -0.965. The first-order chi connectivity index (χ1) is 15.4. The van der Waals surface area contributed by atoms with Gasteiger partial charge in [-0.1, -0.05) is 17.4 Å². The summed E-state index contributed by atoms with van der Waals surface area (Å²) in [6, 6.07) is 4.93. The van der Waals surface area contributed by atoms with Crippen LogP contribution in [0.25, 0.3) is 22.0 Å². The van der Waals surface area contributed by atoms with Gasteiger partial charge in [0.05, 0.1) is 18.7 Å². The fourth-order valence-corrected chi connectivity index (χ4v) is 5.54. The van der Waals surface area contributed by atoms with Crippen LogP contribution in [0.5, 0.6) is 11.8 Å². The molecule has 4 atom stereocenters. The van der Waals surface area contributed by atoms with Gasteiger partial charge in [-0.3, -0.25) is 0 Å². The molecule has 3 aromatic rings. The molecule has 0 saturated carbocycles. The van der Waals surface area contributed by atoms with E-state index in [-0.39, 0.29) is 29.4 Å². The molecular weight excluding hydrogens is 433 g/mol. The third-order valence-electron chi connectivity index (χ3n) is 6.38. The molecule has 0 radical (unpaired) electrons. The fraction of sp³-hybridized carbons (Fsp3) is 0.476. The Morgan fingerprint density at radius 1 is 1.31 bits per heavy atom. The van der Waals surface area contributed by atoms with E-state index in [2.05, 4.69) is 37.4 Å². The van der Waals surface area contributed by atoms with Crippen LogP contribution in [0.15, 0.2) is 24.5 Å².